The fourth-order valence-corrected chi connectivity index (χ4v) is 11.3. The molecule has 0 aliphatic carbocycles. The fourth-order valence-electron chi connectivity index (χ4n) is 8.01. The highest BCUT2D eigenvalue weighted by atomic mass is 35.5. The molecule has 2 aliphatic heterocycles. The van der Waals surface area contributed by atoms with Crippen molar-refractivity contribution in [3.8, 4) is 0 Å². The Morgan fingerprint density at radius 1 is 0.543 bits per heavy atom. The number of sulfonamides is 2. The van der Waals surface area contributed by atoms with Gasteiger partial charge in [0, 0.05) is 76.5 Å². The van der Waals surface area contributed by atoms with Gasteiger partial charge in [0.05, 0.1) is 15.4 Å². The van der Waals surface area contributed by atoms with Crippen molar-refractivity contribution in [3.05, 3.63) is 184 Å². The number of halogens is 5. The summed E-state index contributed by atoms with van der Waals surface area (Å²) in [5.41, 5.74) is 2.58. The highest BCUT2D eigenvalue weighted by Gasteiger charge is 2.32. The third kappa shape index (κ3) is 14.2. The molecule has 2 amide bonds. The number of rotatable bonds is 14. The molecule has 8 rings (SSSR count). The van der Waals surface area contributed by atoms with E-state index in [1.807, 2.05) is 30.3 Å². The molecule has 0 atom stereocenters. The van der Waals surface area contributed by atoms with Gasteiger partial charge in [-0.2, -0.15) is 21.8 Å². The minimum atomic E-state index is -4.37. The molecular weight excluding hydrogens is 985 g/mol. The molecule has 6 aromatic rings. The Bertz CT molecular complexity index is 2960. The van der Waals surface area contributed by atoms with E-state index in [9.17, 15) is 39.6 Å². The molecule has 0 saturated carbocycles. The lowest BCUT2D eigenvalue weighted by Crippen LogP contribution is -2.45. The SMILES string of the molecule is O=C(Nc1cccc(S(=O)(=O)N2CCC(NCCc3cccc(C(F)(F)F)c3)CC2)c1)c1ccc(Cl)cc1.O=C(Nc1cccc(S(=O)(=O)N2CCC(Nc3ccccc3)CC2)c1)c1ccc(Cl)cc1. The van der Waals surface area contributed by atoms with Crippen LogP contribution in [0.25, 0.3) is 0 Å². The lowest BCUT2D eigenvalue weighted by atomic mass is 10.1. The molecule has 0 radical (unpaired) electrons. The molecule has 4 N–H and O–H groups in total. The van der Waals surface area contributed by atoms with Gasteiger partial charge in [-0.25, -0.2) is 16.8 Å². The van der Waals surface area contributed by atoms with Crippen LogP contribution in [0.2, 0.25) is 10.0 Å². The summed E-state index contributed by atoms with van der Waals surface area (Å²) < 4.78 is 94.5. The van der Waals surface area contributed by atoms with Crippen LogP contribution in [-0.4, -0.2) is 82.1 Å². The molecule has 2 aliphatic rings. The van der Waals surface area contributed by atoms with Crippen LogP contribution in [0, 0.1) is 0 Å². The van der Waals surface area contributed by atoms with Crippen molar-refractivity contribution in [1.82, 2.24) is 13.9 Å². The zero-order valence-corrected chi connectivity index (χ0v) is 40.9. The Morgan fingerprint density at radius 2 is 0.986 bits per heavy atom. The maximum atomic E-state index is 13.2. The number of hydrogen-bond donors (Lipinski definition) is 4. The van der Waals surface area contributed by atoms with E-state index in [-0.39, 0.29) is 33.7 Å². The van der Waals surface area contributed by atoms with E-state index >= 15 is 0 Å². The molecule has 368 valence electrons. The van der Waals surface area contributed by atoms with Crippen molar-refractivity contribution in [3.63, 3.8) is 0 Å². The second-order valence-electron chi connectivity index (χ2n) is 16.7. The average Bonchev–Trinajstić information content (AvgIpc) is 3.35. The molecule has 70 heavy (non-hydrogen) atoms. The van der Waals surface area contributed by atoms with E-state index in [4.69, 9.17) is 23.2 Å². The fraction of sp³-hybridized carbons (Fsp3) is 0.255. The molecule has 2 saturated heterocycles. The summed E-state index contributed by atoms with van der Waals surface area (Å²) in [6, 6.07) is 40.8. The number of amides is 2. The van der Waals surface area contributed by atoms with Crippen molar-refractivity contribution in [2.24, 2.45) is 0 Å². The van der Waals surface area contributed by atoms with E-state index in [2.05, 4.69) is 21.3 Å². The average molecular weight is 1040 g/mol. The van der Waals surface area contributed by atoms with Crippen LogP contribution in [0.4, 0.5) is 30.2 Å². The zero-order chi connectivity index (χ0) is 49.9. The van der Waals surface area contributed by atoms with Gasteiger partial charge in [0.15, 0.2) is 0 Å². The number of anilines is 3. The summed E-state index contributed by atoms with van der Waals surface area (Å²) in [4.78, 5) is 25.2. The normalized spacial score (nSPS) is 15.3. The van der Waals surface area contributed by atoms with Gasteiger partial charge in [-0.05, 0) is 147 Å². The molecule has 2 heterocycles. The summed E-state index contributed by atoms with van der Waals surface area (Å²) in [6.07, 6.45) is -1.33. The molecule has 12 nitrogen and oxygen atoms in total. The minimum Gasteiger partial charge on any atom is -0.382 e. The van der Waals surface area contributed by atoms with E-state index < -0.39 is 31.8 Å². The number of carbonyl (C=O) groups is 2. The van der Waals surface area contributed by atoms with Crippen LogP contribution in [0.1, 0.15) is 57.5 Å². The van der Waals surface area contributed by atoms with E-state index in [1.54, 1.807) is 84.9 Å². The van der Waals surface area contributed by atoms with E-state index in [0.717, 1.165) is 30.7 Å². The molecule has 0 spiro atoms. The van der Waals surface area contributed by atoms with Crippen molar-refractivity contribution in [2.45, 2.75) is 60.2 Å². The monoisotopic (exact) mass is 1030 g/mol. The standard InChI is InChI=1S/C27H27ClF3N3O3S.C24H24ClN3O3S/c28-22-9-7-20(8-10-22)26(35)33-24-5-2-6-25(18-24)38(36,37)34-15-12-23(13-16-34)32-14-11-19-3-1-4-21(17-19)27(29,30)31;25-19-11-9-18(10-12-19)24(29)27-22-7-4-8-23(17-22)32(30,31)28-15-13-21(14-16-28)26-20-5-2-1-3-6-20/h1-10,17-18,23,32H,11-16H2,(H,33,35);1-12,17,21,26H,13-16H2,(H,27,29). The second kappa shape index (κ2) is 23.4. The first-order chi connectivity index (χ1) is 33.4. The minimum absolute atomic E-state index is 0.0669. The Balaban J connectivity index is 0.000000209. The summed E-state index contributed by atoms with van der Waals surface area (Å²) >= 11 is 11.7. The van der Waals surface area contributed by atoms with Gasteiger partial charge in [0.25, 0.3) is 11.8 Å². The van der Waals surface area contributed by atoms with Crippen LogP contribution in [0.5, 0.6) is 0 Å². The molecule has 0 bridgehead atoms. The predicted octanol–water partition coefficient (Wildman–Crippen LogP) is 10.5. The molecule has 0 aromatic heterocycles. The lowest BCUT2D eigenvalue weighted by molar-refractivity contribution is -0.137. The zero-order valence-electron chi connectivity index (χ0n) is 37.7. The van der Waals surface area contributed by atoms with Gasteiger partial charge in [-0.3, -0.25) is 9.59 Å². The second-order valence-corrected chi connectivity index (χ2v) is 21.5. The highest BCUT2D eigenvalue weighted by molar-refractivity contribution is 7.89. The Labute approximate surface area is 416 Å². The van der Waals surface area contributed by atoms with Gasteiger partial charge >= 0.3 is 6.18 Å². The summed E-state index contributed by atoms with van der Waals surface area (Å²) in [5, 5.41) is 13.3. The quantitative estimate of drug-likeness (QED) is 0.0840. The Kier molecular flexibility index (Phi) is 17.4. The van der Waals surface area contributed by atoms with Crippen LogP contribution >= 0.6 is 23.2 Å². The van der Waals surface area contributed by atoms with Gasteiger partial charge in [0.1, 0.15) is 0 Å². The number of benzene rings is 6. The summed E-state index contributed by atoms with van der Waals surface area (Å²) in [6.45, 7) is 1.99. The van der Waals surface area contributed by atoms with Crippen LogP contribution in [0.3, 0.4) is 0 Å². The molecular formula is C51H51Cl2F3N6O6S2. The number of nitrogens with zero attached hydrogens (tertiary/aromatic N) is 2. The highest BCUT2D eigenvalue weighted by Crippen LogP contribution is 2.30. The van der Waals surface area contributed by atoms with Crippen molar-refractivity contribution in [2.75, 3.05) is 48.7 Å². The Morgan fingerprint density at radius 3 is 1.46 bits per heavy atom. The lowest BCUT2D eigenvalue weighted by Gasteiger charge is -2.32. The number of hydrogen-bond acceptors (Lipinski definition) is 8. The topological polar surface area (TPSA) is 157 Å². The van der Waals surface area contributed by atoms with E-state index in [0.29, 0.717) is 90.1 Å². The molecule has 0 unspecified atom stereocenters. The van der Waals surface area contributed by atoms with Crippen molar-refractivity contribution in [1.29, 1.82) is 0 Å². The van der Waals surface area contributed by atoms with Crippen molar-refractivity contribution >= 4 is 72.1 Å². The van der Waals surface area contributed by atoms with Gasteiger partial charge in [-0.15, -0.1) is 0 Å². The smallest absolute Gasteiger partial charge is 0.382 e. The molecule has 6 aromatic carbocycles. The van der Waals surface area contributed by atoms with Gasteiger partial charge in [-0.1, -0.05) is 71.7 Å². The first-order valence-electron chi connectivity index (χ1n) is 22.5. The van der Waals surface area contributed by atoms with Gasteiger partial charge < -0.3 is 21.3 Å². The summed E-state index contributed by atoms with van der Waals surface area (Å²) in [7, 11) is -7.42. The molecule has 2 fully saturated rings. The van der Waals surface area contributed by atoms with Crippen LogP contribution in [0.15, 0.2) is 161 Å². The van der Waals surface area contributed by atoms with Crippen LogP contribution < -0.4 is 21.3 Å². The predicted molar refractivity (Wildman–Crippen MR) is 268 cm³/mol. The third-order valence-electron chi connectivity index (χ3n) is 11.8. The maximum Gasteiger partial charge on any atom is 0.416 e. The number of para-hydroxylation sites is 1. The Hall–Kier alpha value is -5.79. The number of piperidine rings is 2. The summed E-state index contributed by atoms with van der Waals surface area (Å²) in [5.74, 6) is -0.711. The third-order valence-corrected chi connectivity index (χ3v) is 16.1. The first-order valence-corrected chi connectivity index (χ1v) is 26.1. The number of nitrogens with one attached hydrogen (secondary N) is 4. The number of carbonyl (C=O) groups excluding carboxylic acids is 2. The first kappa shape index (κ1) is 52.0. The maximum absolute atomic E-state index is 13.2. The van der Waals surface area contributed by atoms with E-state index in [1.165, 1.54) is 32.9 Å². The van der Waals surface area contributed by atoms with Crippen LogP contribution in [-0.2, 0) is 32.6 Å². The largest absolute Gasteiger partial charge is 0.416 e. The van der Waals surface area contributed by atoms with Gasteiger partial charge in [0.2, 0.25) is 20.0 Å². The number of alkyl halides is 3. The molecule has 19 heteroatoms. The van der Waals surface area contributed by atoms with Crippen molar-refractivity contribution < 1.29 is 39.6 Å².